The van der Waals surface area contributed by atoms with Gasteiger partial charge in [0, 0.05) is 50.7 Å². The van der Waals surface area contributed by atoms with E-state index in [2.05, 4.69) is 155 Å². The van der Waals surface area contributed by atoms with Gasteiger partial charge >= 0.3 is 35.8 Å². The van der Waals surface area contributed by atoms with Crippen molar-refractivity contribution in [3.8, 4) is 0 Å². The highest BCUT2D eigenvalue weighted by molar-refractivity contribution is 5.76. The van der Waals surface area contributed by atoms with E-state index in [1.54, 1.807) is 18.7 Å². The predicted molar refractivity (Wildman–Crippen MR) is 327 cm³/mol. The summed E-state index contributed by atoms with van der Waals surface area (Å²) in [6.07, 6.45) is 1.70. The van der Waals surface area contributed by atoms with Gasteiger partial charge in [0.15, 0.2) is 0 Å². The molecule has 0 heterocycles. The van der Waals surface area contributed by atoms with E-state index in [0.717, 1.165) is 18.4 Å². The van der Waals surface area contributed by atoms with E-state index in [1.807, 2.05) is 41.7 Å². The molecule has 0 unspecified atom stereocenters. The van der Waals surface area contributed by atoms with Crippen molar-refractivity contribution in [1.82, 2.24) is 24.9 Å². The van der Waals surface area contributed by atoms with Gasteiger partial charge in [-0.05, 0) is 122 Å². The average molecular weight is 1110 g/mol. The fourth-order valence-corrected chi connectivity index (χ4v) is 3.37. The van der Waals surface area contributed by atoms with Crippen LogP contribution in [0.4, 0.5) is 0 Å². The van der Waals surface area contributed by atoms with Crippen LogP contribution in [0.2, 0.25) is 0 Å². The summed E-state index contributed by atoms with van der Waals surface area (Å²) in [7, 11) is 8.73. The molecule has 18 nitrogen and oxygen atoms in total. The molecule has 0 atom stereocenters. The van der Waals surface area contributed by atoms with Crippen molar-refractivity contribution in [2.45, 2.75) is 247 Å². The minimum Gasteiger partial charge on any atom is -0.468 e. The van der Waals surface area contributed by atoms with Crippen molar-refractivity contribution in [3.05, 3.63) is 0 Å². The van der Waals surface area contributed by atoms with Crippen LogP contribution in [0, 0.1) is 11.8 Å². The van der Waals surface area contributed by atoms with Crippen molar-refractivity contribution in [1.29, 1.82) is 0 Å². The van der Waals surface area contributed by atoms with E-state index in [1.165, 1.54) is 52.5 Å². The summed E-state index contributed by atoms with van der Waals surface area (Å²) in [5.74, 6) is -1.43. The van der Waals surface area contributed by atoms with E-state index in [4.69, 9.17) is 4.74 Å². The molecule has 76 heavy (non-hydrogen) atoms. The molecule has 0 aromatic rings. The van der Waals surface area contributed by atoms with Crippen LogP contribution in [-0.2, 0) is 61.9 Å². The molecule has 0 saturated heterocycles. The summed E-state index contributed by atoms with van der Waals surface area (Å²) in [4.78, 5) is 73.9. The van der Waals surface area contributed by atoms with E-state index >= 15 is 0 Å². The Morgan fingerprint density at radius 2 is 0.684 bits per heavy atom. The number of ether oxygens (including phenoxy) is 7. The number of hydrogen-bond acceptors (Lipinski definition) is 18. The molecule has 18 heteroatoms. The SMILES string of the molecule is C.C.C.C.C.C.CC(=O)OCOC(=O)CN(CC(=O)OCOC(C)=O)C(C)C.CC(C)C.CC(C)N(C)C.CCC(C)C.CCN(CC)C(C)C.CCOC(C)C.CNC(C)C.COC(=O)CN(CC(=O)OC)C(C)C. The van der Waals surface area contributed by atoms with Gasteiger partial charge in [-0.15, -0.1) is 0 Å². The van der Waals surface area contributed by atoms with Gasteiger partial charge in [0.05, 0.1) is 46.5 Å². The first-order valence-electron chi connectivity index (χ1n) is 25.0. The molecule has 0 aliphatic rings. The Kier molecular flexibility index (Phi) is 108. The highest BCUT2D eigenvalue weighted by Gasteiger charge is 2.20. The topological polar surface area (TPSA) is 192 Å². The third-order valence-corrected chi connectivity index (χ3v) is 8.68. The maximum atomic E-state index is 11.5. The zero-order chi connectivity index (χ0) is 57.1. The number of esters is 6. The van der Waals surface area contributed by atoms with Crippen molar-refractivity contribution >= 4 is 35.8 Å². The number of hydrogen-bond donors (Lipinski definition) is 1. The van der Waals surface area contributed by atoms with E-state index < -0.39 is 37.5 Å². The van der Waals surface area contributed by atoms with Crippen molar-refractivity contribution < 1.29 is 61.9 Å². The predicted octanol–water partition coefficient (Wildman–Crippen LogP) is 12.1. The van der Waals surface area contributed by atoms with Crippen LogP contribution in [0.15, 0.2) is 0 Å². The largest absolute Gasteiger partial charge is 0.468 e. The maximum Gasteiger partial charge on any atom is 0.323 e. The molecule has 0 aliphatic heterocycles. The monoisotopic (exact) mass is 1110 g/mol. The molecule has 0 amide bonds. The third-order valence-electron chi connectivity index (χ3n) is 8.68. The Hall–Kier alpha value is -3.42. The first-order chi connectivity index (χ1) is 32.1. The van der Waals surface area contributed by atoms with Crippen molar-refractivity contribution in [2.24, 2.45) is 11.8 Å². The zero-order valence-corrected chi connectivity index (χ0v) is 50.3. The average Bonchev–Trinajstić information content (AvgIpc) is 3.24. The van der Waals surface area contributed by atoms with E-state index in [9.17, 15) is 28.8 Å². The molecule has 0 aromatic heterocycles. The van der Waals surface area contributed by atoms with Crippen LogP contribution in [0.1, 0.15) is 210 Å². The molecule has 0 bridgehead atoms. The Morgan fingerprint density at radius 3 is 0.789 bits per heavy atom. The lowest BCUT2D eigenvalue weighted by molar-refractivity contribution is -0.168. The molecule has 0 aromatic carbocycles. The molecule has 0 saturated carbocycles. The highest BCUT2D eigenvalue weighted by Crippen LogP contribution is 2.01. The van der Waals surface area contributed by atoms with Crippen molar-refractivity contribution in [3.63, 3.8) is 0 Å². The normalized spacial score (nSPS) is 9.47. The quantitative estimate of drug-likeness (QED) is 0.0611. The summed E-state index contributed by atoms with van der Waals surface area (Å²) < 4.78 is 32.4. The summed E-state index contributed by atoms with van der Waals surface area (Å²) in [5.41, 5.74) is 0. The maximum absolute atomic E-state index is 11.5. The van der Waals surface area contributed by atoms with Crippen LogP contribution in [0.5, 0.6) is 0 Å². The second kappa shape index (κ2) is 75.8. The van der Waals surface area contributed by atoms with E-state index in [-0.39, 0.29) is 94.8 Å². The Bertz CT molecular complexity index is 1130. The molecule has 0 spiro atoms. The molecular weight excluding hydrogens is 975 g/mol. The minimum absolute atomic E-state index is 0. The lowest BCUT2D eigenvalue weighted by atomic mass is 10.2. The van der Waals surface area contributed by atoms with Crippen LogP contribution in [0.3, 0.4) is 0 Å². The molecule has 0 rings (SSSR count). The minimum atomic E-state index is -0.650. The van der Waals surface area contributed by atoms with Gasteiger partial charge in [0.1, 0.15) is 0 Å². The van der Waals surface area contributed by atoms with Gasteiger partial charge in [0.25, 0.3) is 0 Å². The molecule has 472 valence electrons. The second-order valence-electron chi connectivity index (χ2n) is 18.5. The third kappa shape index (κ3) is 111. The van der Waals surface area contributed by atoms with Crippen LogP contribution in [-0.4, -0.2) is 187 Å². The zero-order valence-electron chi connectivity index (χ0n) is 50.3. The van der Waals surface area contributed by atoms with E-state index in [0.29, 0.717) is 24.2 Å². The summed E-state index contributed by atoms with van der Waals surface area (Å²) in [6.45, 7) is 48.4. The fraction of sp³-hybridized carbons (Fsp3) is 0.897. The number of rotatable bonds is 22. The Morgan fingerprint density at radius 1 is 0.447 bits per heavy atom. The first-order valence-corrected chi connectivity index (χ1v) is 25.0. The lowest BCUT2D eigenvalue weighted by Crippen LogP contribution is -2.41. The summed E-state index contributed by atoms with van der Waals surface area (Å²) in [6, 6.07) is 1.99. The van der Waals surface area contributed by atoms with Crippen LogP contribution in [0.25, 0.3) is 0 Å². The molecule has 0 radical (unpaired) electrons. The first kappa shape index (κ1) is 108. The number of carbonyl (C=O) groups excluding carboxylic acids is 6. The van der Waals surface area contributed by atoms with Crippen LogP contribution < -0.4 is 5.32 Å². The fourth-order valence-electron chi connectivity index (χ4n) is 3.37. The Balaban J connectivity index is -0.0000000516. The van der Waals surface area contributed by atoms with Gasteiger partial charge in [-0.25, -0.2) is 0 Å². The van der Waals surface area contributed by atoms with Gasteiger partial charge in [0.2, 0.25) is 13.6 Å². The molecule has 0 fully saturated rings. The molecule has 0 aliphatic carbocycles. The van der Waals surface area contributed by atoms with Gasteiger partial charge in [-0.3, -0.25) is 38.6 Å². The smallest absolute Gasteiger partial charge is 0.323 e. The second-order valence-corrected chi connectivity index (χ2v) is 18.5. The van der Waals surface area contributed by atoms with Gasteiger partial charge < -0.3 is 48.3 Å². The number of methoxy groups -OCH3 is 2. The van der Waals surface area contributed by atoms with Crippen LogP contribution >= 0.6 is 0 Å². The highest BCUT2D eigenvalue weighted by atomic mass is 16.7. The van der Waals surface area contributed by atoms with Crippen molar-refractivity contribution in [2.75, 3.05) is 94.8 Å². The summed E-state index contributed by atoms with van der Waals surface area (Å²) >= 11 is 0. The summed E-state index contributed by atoms with van der Waals surface area (Å²) in [5, 5.41) is 3.03. The number of nitrogens with zero attached hydrogens (tertiary/aromatic N) is 4. The molecule has 1 N–H and O–H groups in total. The standard InChI is InChI=1S/C13H21NO8.C9H17NO4.C7H17N.C5H13N.C5H12O.C5H12.C4H11N.C4H10.6CH4/c1-9(2)14(5-12(17)21-7-19-10(3)15)6-13(18)22-8-20-11(4)16;1-7(2)10(5-8(11)13-3)6-9(12)14-4;1-5-8(6-2)7(3)4;1-5(2)6(3)4;1-4-6-5(2)3;1-4-5(2)3;1-4(2)5-3;1-4(2)3;;;;;;/h9H,5-8H2,1-4H3;7H,5-6H2,1-4H3;7H,5-6H2,1-4H3;5H,1-4H3;5H,4H2,1-3H3;5H,4H2,1-3H3;4-5H,1-3H3;4H,1-3H3;6*1H4. The van der Waals surface area contributed by atoms with Gasteiger partial charge in [-0.2, -0.15) is 0 Å². The lowest BCUT2D eigenvalue weighted by Gasteiger charge is -2.24. The number of carbonyl (C=O) groups is 6. The molecular formula is C58H137N5O13. The Labute approximate surface area is 474 Å². The van der Waals surface area contributed by atoms with Gasteiger partial charge in [-0.1, -0.05) is 120 Å². The number of nitrogens with one attached hydrogen (secondary N) is 1.